The van der Waals surface area contributed by atoms with Crippen LogP contribution in [0.5, 0.6) is 17.2 Å². The van der Waals surface area contributed by atoms with Gasteiger partial charge in [-0.05, 0) is 73.6 Å². The normalized spacial score (nSPS) is 20.0. The lowest BCUT2D eigenvalue weighted by atomic mass is 9.86. The van der Waals surface area contributed by atoms with Gasteiger partial charge in [0.05, 0.1) is 31.1 Å². The van der Waals surface area contributed by atoms with Crippen molar-refractivity contribution in [2.75, 3.05) is 25.6 Å². The Morgan fingerprint density at radius 1 is 1.09 bits per heavy atom. The number of nitrogens with one attached hydrogen (secondary N) is 2. The van der Waals surface area contributed by atoms with Gasteiger partial charge in [0.2, 0.25) is 0 Å². The van der Waals surface area contributed by atoms with Crippen molar-refractivity contribution in [2.45, 2.75) is 38.3 Å². The van der Waals surface area contributed by atoms with E-state index in [9.17, 15) is 4.79 Å². The van der Waals surface area contributed by atoms with Gasteiger partial charge in [-0.3, -0.25) is 9.78 Å². The van der Waals surface area contributed by atoms with E-state index in [0.717, 1.165) is 71.6 Å². The molecule has 0 atom stereocenters. The van der Waals surface area contributed by atoms with Crippen LogP contribution >= 0.6 is 0 Å². The maximum Gasteiger partial charge on any atom is 0.262 e. The summed E-state index contributed by atoms with van der Waals surface area (Å²) in [5.41, 5.74) is 2.84. The average molecular weight is 448 g/mol. The molecule has 2 heterocycles. The van der Waals surface area contributed by atoms with Crippen molar-refractivity contribution >= 4 is 22.5 Å². The Morgan fingerprint density at radius 3 is 2.79 bits per heavy atom. The summed E-state index contributed by atoms with van der Waals surface area (Å²) in [7, 11) is 1.67. The first-order valence-electron chi connectivity index (χ1n) is 11.5. The van der Waals surface area contributed by atoms with Gasteiger partial charge in [-0.15, -0.1) is 0 Å². The molecule has 0 radical (unpaired) electrons. The summed E-state index contributed by atoms with van der Waals surface area (Å²) in [5.74, 6) is 2.81. The third kappa shape index (κ3) is 5.20. The molecule has 3 aromatic rings. The van der Waals surface area contributed by atoms with Gasteiger partial charge in [0.25, 0.3) is 5.91 Å². The van der Waals surface area contributed by atoms with Crippen LogP contribution in [-0.4, -0.2) is 37.3 Å². The first-order chi connectivity index (χ1) is 16.2. The number of carbonyl (C=O) groups is 1. The van der Waals surface area contributed by atoms with E-state index in [1.54, 1.807) is 13.3 Å². The number of benzene rings is 2. The monoisotopic (exact) mass is 447 g/mol. The van der Waals surface area contributed by atoms with Crippen LogP contribution < -0.4 is 24.8 Å². The predicted molar refractivity (Wildman–Crippen MR) is 127 cm³/mol. The number of hydrogen-bond acceptors (Lipinski definition) is 6. The Morgan fingerprint density at radius 2 is 1.94 bits per heavy atom. The second kappa shape index (κ2) is 9.67. The number of hydrogen-bond donors (Lipinski definition) is 2. The van der Waals surface area contributed by atoms with Crippen molar-refractivity contribution in [2.24, 2.45) is 5.92 Å². The molecule has 1 aliphatic carbocycles. The summed E-state index contributed by atoms with van der Waals surface area (Å²) in [6.45, 7) is 1.58. The minimum absolute atomic E-state index is 0.0870. The van der Waals surface area contributed by atoms with Crippen LogP contribution in [0.3, 0.4) is 0 Å². The average Bonchev–Trinajstić information content (AvgIpc) is 2.86. The van der Waals surface area contributed by atoms with Crippen molar-refractivity contribution in [3.05, 3.63) is 54.2 Å². The van der Waals surface area contributed by atoms with Crippen molar-refractivity contribution in [1.82, 2.24) is 10.3 Å². The molecule has 2 aliphatic rings. The summed E-state index contributed by atoms with van der Waals surface area (Å²) >= 11 is 0. The van der Waals surface area contributed by atoms with Crippen LogP contribution in [0.2, 0.25) is 0 Å². The third-order valence-electron chi connectivity index (χ3n) is 6.47. The summed E-state index contributed by atoms with van der Waals surface area (Å²) in [6.07, 6.45) is 6.34. The molecule has 7 nitrogen and oxygen atoms in total. The van der Waals surface area contributed by atoms with Gasteiger partial charge in [-0.2, -0.15) is 0 Å². The Bertz CT molecular complexity index is 1140. The number of carbonyl (C=O) groups excluding carboxylic acids is 1. The van der Waals surface area contributed by atoms with Gasteiger partial charge in [-0.1, -0.05) is 6.07 Å². The van der Waals surface area contributed by atoms with Gasteiger partial charge in [0.15, 0.2) is 6.61 Å². The molecule has 1 fully saturated rings. The van der Waals surface area contributed by atoms with Crippen LogP contribution in [0, 0.1) is 5.92 Å². The first kappa shape index (κ1) is 21.5. The summed E-state index contributed by atoms with van der Waals surface area (Å²) in [6, 6.07) is 14.4. The van der Waals surface area contributed by atoms with E-state index in [2.05, 4.69) is 21.7 Å². The quantitative estimate of drug-likeness (QED) is 0.562. The topological polar surface area (TPSA) is 81.7 Å². The SMILES string of the molecule is COc1ccc2ncc(OC[C@H]3CC[C@H](NCc4ccc5c(c4)NC(=O)CO5)CC3)cc2c1. The molecule has 0 bridgehead atoms. The third-order valence-corrected chi connectivity index (χ3v) is 6.47. The fourth-order valence-electron chi connectivity index (χ4n) is 4.55. The summed E-state index contributed by atoms with van der Waals surface area (Å²) in [4.78, 5) is 16.0. The molecule has 1 saturated carbocycles. The molecule has 33 heavy (non-hydrogen) atoms. The summed E-state index contributed by atoms with van der Waals surface area (Å²) < 4.78 is 16.8. The number of methoxy groups -OCH3 is 1. The molecular formula is C26H29N3O4. The fourth-order valence-corrected chi connectivity index (χ4v) is 4.55. The number of fused-ring (bicyclic) bond motifs is 2. The second-order valence-electron chi connectivity index (χ2n) is 8.81. The largest absolute Gasteiger partial charge is 0.497 e. The van der Waals surface area contributed by atoms with Crippen LogP contribution in [0.1, 0.15) is 31.2 Å². The molecule has 7 heteroatoms. The van der Waals surface area contributed by atoms with Crippen LogP contribution in [0.25, 0.3) is 10.9 Å². The number of ether oxygens (including phenoxy) is 3. The van der Waals surface area contributed by atoms with Crippen molar-refractivity contribution in [1.29, 1.82) is 0 Å². The Balaban J connectivity index is 1.08. The molecule has 5 rings (SSSR count). The maximum absolute atomic E-state index is 11.5. The summed E-state index contributed by atoms with van der Waals surface area (Å²) in [5, 5.41) is 7.56. The van der Waals surface area contributed by atoms with Gasteiger partial charge in [0.1, 0.15) is 17.2 Å². The highest BCUT2D eigenvalue weighted by atomic mass is 16.5. The highest BCUT2D eigenvalue weighted by Gasteiger charge is 2.22. The molecule has 0 saturated heterocycles. The van der Waals surface area contributed by atoms with E-state index in [1.165, 1.54) is 0 Å². The zero-order valence-electron chi connectivity index (χ0n) is 18.8. The second-order valence-corrected chi connectivity index (χ2v) is 8.81. The molecule has 1 amide bonds. The van der Waals surface area contributed by atoms with E-state index in [1.807, 2.05) is 36.4 Å². The molecule has 2 aromatic carbocycles. The molecule has 172 valence electrons. The molecule has 0 spiro atoms. The molecular weight excluding hydrogens is 418 g/mol. The Labute approximate surface area is 193 Å². The van der Waals surface area contributed by atoms with Gasteiger partial charge in [0, 0.05) is 18.0 Å². The van der Waals surface area contributed by atoms with E-state index in [-0.39, 0.29) is 12.5 Å². The van der Waals surface area contributed by atoms with Crippen molar-refractivity contribution < 1.29 is 19.0 Å². The van der Waals surface area contributed by atoms with Crippen LogP contribution in [0.15, 0.2) is 48.7 Å². The highest BCUT2D eigenvalue weighted by Crippen LogP contribution is 2.30. The lowest BCUT2D eigenvalue weighted by Crippen LogP contribution is -2.34. The van der Waals surface area contributed by atoms with Crippen molar-refractivity contribution in [3.8, 4) is 17.2 Å². The van der Waals surface area contributed by atoms with E-state index < -0.39 is 0 Å². The zero-order valence-corrected chi connectivity index (χ0v) is 18.8. The number of aromatic nitrogens is 1. The van der Waals surface area contributed by atoms with Gasteiger partial charge >= 0.3 is 0 Å². The lowest BCUT2D eigenvalue weighted by molar-refractivity contribution is -0.118. The number of amides is 1. The standard InChI is InChI=1S/C26H29N3O4/c1-31-21-7-8-23-19(11-21)12-22(14-28-23)32-15-17-2-5-20(6-3-17)27-13-18-4-9-25-24(10-18)29-26(30)16-33-25/h4,7-12,14,17,20,27H,2-3,5-6,13,15-16H2,1H3,(H,29,30)/t17-,20-. The maximum atomic E-state index is 11.5. The fraction of sp³-hybridized carbons (Fsp3) is 0.385. The van der Waals surface area contributed by atoms with E-state index >= 15 is 0 Å². The van der Waals surface area contributed by atoms with Gasteiger partial charge < -0.3 is 24.8 Å². The smallest absolute Gasteiger partial charge is 0.262 e. The van der Waals surface area contributed by atoms with Crippen LogP contribution in [-0.2, 0) is 11.3 Å². The molecule has 0 unspecified atom stereocenters. The van der Waals surface area contributed by atoms with Gasteiger partial charge in [-0.25, -0.2) is 0 Å². The number of rotatable bonds is 7. The lowest BCUT2D eigenvalue weighted by Gasteiger charge is -2.29. The van der Waals surface area contributed by atoms with E-state index in [4.69, 9.17) is 14.2 Å². The highest BCUT2D eigenvalue weighted by molar-refractivity contribution is 5.95. The molecule has 2 N–H and O–H groups in total. The number of nitrogens with zero attached hydrogens (tertiary/aromatic N) is 1. The molecule has 1 aliphatic heterocycles. The first-order valence-corrected chi connectivity index (χ1v) is 11.5. The minimum atomic E-state index is -0.104. The van der Waals surface area contributed by atoms with Crippen molar-refractivity contribution in [3.63, 3.8) is 0 Å². The predicted octanol–water partition coefficient (Wildman–Crippen LogP) is 4.30. The Kier molecular flexibility index (Phi) is 6.30. The van der Waals surface area contributed by atoms with E-state index in [0.29, 0.717) is 18.6 Å². The number of anilines is 1. The Hall–Kier alpha value is -3.32. The zero-order chi connectivity index (χ0) is 22.6. The molecule has 1 aromatic heterocycles. The number of pyridine rings is 1. The minimum Gasteiger partial charge on any atom is -0.497 e. The van der Waals surface area contributed by atoms with Crippen LogP contribution in [0.4, 0.5) is 5.69 Å².